The number of aromatic nitrogens is 2. The van der Waals surface area contributed by atoms with Crippen LogP contribution in [-0.4, -0.2) is 9.97 Å². The summed E-state index contributed by atoms with van der Waals surface area (Å²) in [5.74, 6) is 1.16. The zero-order valence-corrected chi connectivity index (χ0v) is 18.3. The fourth-order valence-electron chi connectivity index (χ4n) is 3.86. The van der Waals surface area contributed by atoms with Crippen molar-refractivity contribution in [2.45, 2.75) is 0 Å². The average Bonchev–Trinajstić information content (AvgIpc) is 3.50. The monoisotopic (exact) mass is 440 g/mol. The zero-order chi connectivity index (χ0) is 22.7. The summed E-state index contributed by atoms with van der Waals surface area (Å²) in [5, 5.41) is 0. The minimum absolute atomic E-state index is 0.581. The first-order valence-corrected chi connectivity index (χ1v) is 11.1. The van der Waals surface area contributed by atoms with E-state index in [4.69, 9.17) is 8.83 Å². The number of benzene rings is 4. The molecular weight excluding hydrogens is 420 g/mol. The van der Waals surface area contributed by atoms with Crippen LogP contribution in [0.5, 0.6) is 0 Å². The normalized spacial score (nSPS) is 11.9. The molecule has 0 bridgehead atoms. The first-order valence-electron chi connectivity index (χ1n) is 11.1. The molecule has 0 aliphatic carbocycles. The number of oxazole rings is 2. The number of fused-ring (bicyclic) bond motifs is 2. The van der Waals surface area contributed by atoms with E-state index < -0.39 is 0 Å². The molecule has 2 aromatic heterocycles. The third-order valence-electron chi connectivity index (χ3n) is 5.58. The molecule has 162 valence electrons. The third kappa shape index (κ3) is 4.17. The molecule has 0 spiro atoms. The molecule has 0 unspecified atom stereocenters. The molecule has 0 N–H and O–H groups in total. The number of nitrogens with zero attached hydrogens (tertiary/aromatic N) is 2. The number of rotatable bonds is 5. The highest BCUT2D eigenvalue weighted by Gasteiger charge is 2.09. The quantitative estimate of drug-likeness (QED) is 0.273. The standard InChI is InChI=1S/C30H20N2O2/c1-3-7-21(8-4-1)11-17-29-31-25-19-23(13-15-27(25)33-29)24-14-16-28-26(20-24)32-30(34-28)18-12-22-9-5-2-6-10-22/h1-20H. The van der Waals surface area contributed by atoms with Crippen LogP contribution in [0, 0.1) is 0 Å². The maximum Gasteiger partial charge on any atom is 0.220 e. The Balaban J connectivity index is 1.27. The highest BCUT2D eigenvalue weighted by molar-refractivity contribution is 5.86. The molecule has 4 nitrogen and oxygen atoms in total. The van der Waals surface area contributed by atoms with Crippen LogP contribution in [0.1, 0.15) is 22.9 Å². The van der Waals surface area contributed by atoms with Gasteiger partial charge in [-0.15, -0.1) is 0 Å². The van der Waals surface area contributed by atoms with Gasteiger partial charge in [-0.1, -0.05) is 72.8 Å². The van der Waals surface area contributed by atoms with Gasteiger partial charge in [-0.2, -0.15) is 0 Å². The lowest BCUT2D eigenvalue weighted by molar-refractivity contribution is 0.589. The topological polar surface area (TPSA) is 52.1 Å². The molecule has 0 atom stereocenters. The zero-order valence-electron chi connectivity index (χ0n) is 18.3. The molecule has 4 heteroatoms. The van der Waals surface area contributed by atoms with Crippen molar-refractivity contribution in [1.82, 2.24) is 9.97 Å². The summed E-state index contributed by atoms with van der Waals surface area (Å²) >= 11 is 0. The average molecular weight is 441 g/mol. The van der Waals surface area contributed by atoms with E-state index in [0.717, 1.165) is 44.5 Å². The van der Waals surface area contributed by atoms with Crippen LogP contribution in [0.4, 0.5) is 0 Å². The first-order chi connectivity index (χ1) is 16.8. The van der Waals surface area contributed by atoms with Crippen molar-refractivity contribution in [3.05, 3.63) is 120 Å². The summed E-state index contributed by atoms with van der Waals surface area (Å²) in [4.78, 5) is 9.27. The van der Waals surface area contributed by atoms with Gasteiger partial charge < -0.3 is 8.83 Å². The molecule has 0 aliphatic heterocycles. The van der Waals surface area contributed by atoms with Crippen molar-refractivity contribution in [3.8, 4) is 11.1 Å². The van der Waals surface area contributed by atoms with Crippen molar-refractivity contribution in [2.75, 3.05) is 0 Å². The third-order valence-corrected chi connectivity index (χ3v) is 5.58. The highest BCUT2D eigenvalue weighted by Crippen LogP contribution is 2.28. The van der Waals surface area contributed by atoms with E-state index >= 15 is 0 Å². The summed E-state index contributed by atoms with van der Waals surface area (Å²) in [7, 11) is 0. The van der Waals surface area contributed by atoms with Gasteiger partial charge in [0.05, 0.1) is 0 Å². The largest absolute Gasteiger partial charge is 0.437 e. The Labute approximate surface area is 196 Å². The van der Waals surface area contributed by atoms with E-state index in [1.54, 1.807) is 0 Å². The Bertz CT molecular complexity index is 1520. The van der Waals surface area contributed by atoms with Gasteiger partial charge in [-0.05, 0) is 58.7 Å². The Hall–Kier alpha value is -4.70. The molecule has 4 aromatic carbocycles. The molecule has 0 aliphatic rings. The maximum atomic E-state index is 5.88. The van der Waals surface area contributed by atoms with Gasteiger partial charge in [0, 0.05) is 12.2 Å². The summed E-state index contributed by atoms with van der Waals surface area (Å²) in [6, 6.07) is 32.3. The van der Waals surface area contributed by atoms with Crippen LogP contribution < -0.4 is 0 Å². The molecule has 0 radical (unpaired) electrons. The van der Waals surface area contributed by atoms with Crippen LogP contribution in [-0.2, 0) is 0 Å². The second-order valence-corrected chi connectivity index (χ2v) is 7.96. The molecule has 6 rings (SSSR count). The minimum Gasteiger partial charge on any atom is -0.437 e. The van der Waals surface area contributed by atoms with Gasteiger partial charge in [0.2, 0.25) is 11.8 Å². The lowest BCUT2D eigenvalue weighted by atomic mass is 10.0. The van der Waals surface area contributed by atoms with Crippen LogP contribution in [0.15, 0.2) is 106 Å². The Kier molecular flexibility index (Phi) is 5.09. The van der Waals surface area contributed by atoms with Crippen LogP contribution in [0.3, 0.4) is 0 Å². The van der Waals surface area contributed by atoms with Crippen molar-refractivity contribution in [2.24, 2.45) is 0 Å². The molecule has 0 saturated heterocycles. The van der Waals surface area contributed by atoms with Gasteiger partial charge in [0.1, 0.15) is 11.0 Å². The molecule has 0 saturated carbocycles. The second kappa shape index (κ2) is 8.68. The molecular formula is C30H20N2O2. The summed E-state index contributed by atoms with van der Waals surface area (Å²) in [6.07, 6.45) is 7.77. The molecule has 0 amide bonds. The molecule has 2 heterocycles. The van der Waals surface area contributed by atoms with Gasteiger partial charge in [-0.3, -0.25) is 0 Å². The van der Waals surface area contributed by atoms with Crippen LogP contribution in [0.25, 0.3) is 57.6 Å². The van der Waals surface area contributed by atoms with Crippen molar-refractivity contribution >= 4 is 46.5 Å². The Morgan fingerprint density at radius 1 is 0.471 bits per heavy atom. The second-order valence-electron chi connectivity index (χ2n) is 7.96. The lowest BCUT2D eigenvalue weighted by Crippen LogP contribution is -1.79. The van der Waals surface area contributed by atoms with E-state index in [-0.39, 0.29) is 0 Å². The van der Waals surface area contributed by atoms with Gasteiger partial charge in [0.15, 0.2) is 11.2 Å². The van der Waals surface area contributed by atoms with Crippen LogP contribution in [0.2, 0.25) is 0 Å². The summed E-state index contributed by atoms with van der Waals surface area (Å²) in [6.45, 7) is 0. The van der Waals surface area contributed by atoms with E-state index in [1.807, 2.05) is 121 Å². The van der Waals surface area contributed by atoms with Crippen LogP contribution >= 0.6 is 0 Å². The Morgan fingerprint density at radius 2 is 0.912 bits per heavy atom. The molecule has 0 fully saturated rings. The predicted molar refractivity (Wildman–Crippen MR) is 138 cm³/mol. The smallest absolute Gasteiger partial charge is 0.220 e. The fraction of sp³-hybridized carbons (Fsp3) is 0. The van der Waals surface area contributed by atoms with E-state index in [1.165, 1.54) is 0 Å². The van der Waals surface area contributed by atoms with Gasteiger partial charge >= 0.3 is 0 Å². The SMILES string of the molecule is C(=Cc1nc2cc(-c3ccc4oc(C=Cc5ccccc5)nc4c3)ccc2o1)c1ccccc1. The van der Waals surface area contributed by atoms with Crippen molar-refractivity contribution < 1.29 is 8.83 Å². The molecule has 6 aromatic rings. The van der Waals surface area contributed by atoms with Gasteiger partial charge in [0.25, 0.3) is 0 Å². The number of hydrogen-bond acceptors (Lipinski definition) is 4. The van der Waals surface area contributed by atoms with E-state index in [9.17, 15) is 0 Å². The summed E-state index contributed by atoms with van der Waals surface area (Å²) < 4.78 is 11.8. The fourth-order valence-corrected chi connectivity index (χ4v) is 3.86. The Morgan fingerprint density at radius 3 is 1.35 bits per heavy atom. The van der Waals surface area contributed by atoms with Gasteiger partial charge in [-0.25, -0.2) is 9.97 Å². The van der Waals surface area contributed by atoms with E-state index in [0.29, 0.717) is 11.8 Å². The highest BCUT2D eigenvalue weighted by atomic mass is 16.4. The summed E-state index contributed by atoms with van der Waals surface area (Å²) in [5.41, 5.74) is 7.44. The minimum atomic E-state index is 0.581. The number of hydrogen-bond donors (Lipinski definition) is 0. The predicted octanol–water partition coefficient (Wildman–Crippen LogP) is 7.98. The van der Waals surface area contributed by atoms with Crippen molar-refractivity contribution in [3.63, 3.8) is 0 Å². The lowest BCUT2D eigenvalue weighted by Gasteiger charge is -2.00. The maximum absolute atomic E-state index is 5.88. The van der Waals surface area contributed by atoms with Crippen molar-refractivity contribution in [1.29, 1.82) is 0 Å². The molecule has 34 heavy (non-hydrogen) atoms. The first kappa shape index (κ1) is 19.9. The van der Waals surface area contributed by atoms with E-state index in [2.05, 4.69) is 9.97 Å².